The maximum atomic E-state index is 12.7. The molecular formula is C16H12N4O. The first kappa shape index (κ1) is 11.8. The number of aryl methyl sites for hydroxylation is 1. The van der Waals surface area contributed by atoms with Gasteiger partial charge in [0.15, 0.2) is 5.52 Å². The summed E-state index contributed by atoms with van der Waals surface area (Å²) in [5.41, 5.74) is 3.60. The zero-order valence-corrected chi connectivity index (χ0v) is 11.4. The molecular weight excluding hydrogens is 264 g/mol. The van der Waals surface area contributed by atoms with Crippen LogP contribution in [0.2, 0.25) is 0 Å². The molecule has 0 aliphatic carbocycles. The van der Waals surface area contributed by atoms with Crippen LogP contribution in [0, 0.1) is 0 Å². The summed E-state index contributed by atoms with van der Waals surface area (Å²) in [4.78, 5) is 12.7. The van der Waals surface area contributed by atoms with E-state index >= 15 is 0 Å². The second-order valence-corrected chi connectivity index (χ2v) is 4.92. The van der Waals surface area contributed by atoms with Gasteiger partial charge in [0.05, 0.1) is 11.0 Å². The van der Waals surface area contributed by atoms with Crippen molar-refractivity contribution in [1.82, 2.24) is 19.4 Å². The van der Waals surface area contributed by atoms with Gasteiger partial charge < -0.3 is 4.57 Å². The second kappa shape index (κ2) is 4.28. The SMILES string of the molecule is Cn1c(=O)c2c(-c3ccccc3)nnn2c2ccccc21. The van der Waals surface area contributed by atoms with Gasteiger partial charge in [0, 0.05) is 12.6 Å². The lowest BCUT2D eigenvalue weighted by Gasteiger charge is -2.06. The number of benzene rings is 2. The molecule has 21 heavy (non-hydrogen) atoms. The van der Waals surface area contributed by atoms with E-state index in [1.165, 1.54) is 0 Å². The van der Waals surface area contributed by atoms with E-state index in [0.29, 0.717) is 11.2 Å². The van der Waals surface area contributed by atoms with E-state index in [-0.39, 0.29) is 5.56 Å². The minimum atomic E-state index is -0.0995. The number of nitrogens with zero attached hydrogens (tertiary/aromatic N) is 4. The van der Waals surface area contributed by atoms with E-state index in [0.717, 1.165) is 16.6 Å². The van der Waals surface area contributed by atoms with Crippen molar-refractivity contribution in [2.75, 3.05) is 0 Å². The summed E-state index contributed by atoms with van der Waals surface area (Å²) in [5, 5.41) is 8.40. The van der Waals surface area contributed by atoms with Gasteiger partial charge in [0.2, 0.25) is 0 Å². The highest BCUT2D eigenvalue weighted by molar-refractivity contribution is 5.84. The van der Waals surface area contributed by atoms with Crippen molar-refractivity contribution >= 4 is 16.6 Å². The average Bonchev–Trinajstić information content (AvgIpc) is 2.99. The molecule has 0 unspecified atom stereocenters. The summed E-state index contributed by atoms with van der Waals surface area (Å²) in [6.45, 7) is 0. The molecule has 5 nitrogen and oxygen atoms in total. The van der Waals surface area contributed by atoms with E-state index in [1.54, 1.807) is 16.1 Å². The van der Waals surface area contributed by atoms with Crippen LogP contribution in [0.25, 0.3) is 27.8 Å². The zero-order valence-electron chi connectivity index (χ0n) is 11.4. The van der Waals surface area contributed by atoms with Crippen LogP contribution in [0.5, 0.6) is 0 Å². The molecule has 0 N–H and O–H groups in total. The van der Waals surface area contributed by atoms with Gasteiger partial charge in [-0.25, -0.2) is 4.52 Å². The minimum Gasteiger partial charge on any atom is -0.308 e. The topological polar surface area (TPSA) is 52.2 Å². The number of hydrogen-bond donors (Lipinski definition) is 0. The van der Waals surface area contributed by atoms with Gasteiger partial charge in [0.1, 0.15) is 5.69 Å². The number of para-hydroxylation sites is 2. The highest BCUT2D eigenvalue weighted by Crippen LogP contribution is 2.22. The molecule has 0 saturated heterocycles. The monoisotopic (exact) mass is 276 g/mol. The molecule has 2 aromatic heterocycles. The fourth-order valence-corrected chi connectivity index (χ4v) is 2.63. The van der Waals surface area contributed by atoms with E-state index in [1.807, 2.05) is 54.6 Å². The summed E-state index contributed by atoms with van der Waals surface area (Å²) in [7, 11) is 1.77. The van der Waals surface area contributed by atoms with Crippen molar-refractivity contribution < 1.29 is 0 Å². The van der Waals surface area contributed by atoms with Gasteiger partial charge in [-0.1, -0.05) is 47.7 Å². The summed E-state index contributed by atoms with van der Waals surface area (Å²) in [6.07, 6.45) is 0. The van der Waals surface area contributed by atoms with Gasteiger partial charge in [-0.15, -0.1) is 5.10 Å². The molecule has 0 saturated carbocycles. The average molecular weight is 276 g/mol. The Labute approximate surface area is 120 Å². The first-order valence-electron chi connectivity index (χ1n) is 6.66. The van der Waals surface area contributed by atoms with Crippen LogP contribution < -0.4 is 5.56 Å². The van der Waals surface area contributed by atoms with Crippen molar-refractivity contribution in [3.05, 3.63) is 65.0 Å². The lowest BCUT2D eigenvalue weighted by molar-refractivity contribution is 0.845. The van der Waals surface area contributed by atoms with Gasteiger partial charge in [0.25, 0.3) is 5.56 Å². The van der Waals surface area contributed by atoms with E-state index in [4.69, 9.17) is 0 Å². The Bertz CT molecular complexity index is 1010. The third-order valence-electron chi connectivity index (χ3n) is 3.70. The van der Waals surface area contributed by atoms with Crippen molar-refractivity contribution in [2.45, 2.75) is 0 Å². The Hall–Kier alpha value is -2.95. The van der Waals surface area contributed by atoms with Gasteiger partial charge >= 0.3 is 0 Å². The van der Waals surface area contributed by atoms with Crippen LogP contribution in [0.1, 0.15) is 0 Å². The number of hydrogen-bond acceptors (Lipinski definition) is 3. The Kier molecular flexibility index (Phi) is 2.41. The zero-order chi connectivity index (χ0) is 14.4. The quantitative estimate of drug-likeness (QED) is 0.536. The predicted molar refractivity (Wildman–Crippen MR) is 81.2 cm³/mol. The first-order valence-corrected chi connectivity index (χ1v) is 6.66. The third-order valence-corrected chi connectivity index (χ3v) is 3.70. The van der Waals surface area contributed by atoms with E-state index in [2.05, 4.69) is 10.3 Å². The summed E-state index contributed by atoms with van der Waals surface area (Å²) < 4.78 is 3.26. The van der Waals surface area contributed by atoms with Crippen molar-refractivity contribution in [2.24, 2.45) is 7.05 Å². The third kappa shape index (κ3) is 1.61. The Morgan fingerprint density at radius 1 is 0.905 bits per heavy atom. The molecule has 4 aromatic rings. The molecule has 0 radical (unpaired) electrons. The van der Waals surface area contributed by atoms with Gasteiger partial charge in [-0.05, 0) is 12.1 Å². The minimum absolute atomic E-state index is 0.0995. The Morgan fingerprint density at radius 2 is 1.57 bits per heavy atom. The number of rotatable bonds is 1. The van der Waals surface area contributed by atoms with Crippen molar-refractivity contribution in [1.29, 1.82) is 0 Å². The molecule has 0 fully saturated rings. The molecule has 0 bridgehead atoms. The molecule has 2 aromatic carbocycles. The standard InChI is InChI=1S/C16H12N4O/c1-19-12-9-5-6-10-13(12)20-15(16(19)21)14(17-18-20)11-7-3-2-4-8-11/h2-10H,1H3. The van der Waals surface area contributed by atoms with Crippen molar-refractivity contribution in [3.8, 4) is 11.3 Å². The first-order chi connectivity index (χ1) is 10.3. The van der Waals surface area contributed by atoms with Crippen LogP contribution in [-0.4, -0.2) is 19.4 Å². The highest BCUT2D eigenvalue weighted by Gasteiger charge is 2.16. The summed E-state index contributed by atoms with van der Waals surface area (Å²) in [6, 6.07) is 17.3. The summed E-state index contributed by atoms with van der Waals surface area (Å²) >= 11 is 0. The van der Waals surface area contributed by atoms with E-state index in [9.17, 15) is 4.79 Å². The fraction of sp³-hybridized carbons (Fsp3) is 0.0625. The van der Waals surface area contributed by atoms with Crippen LogP contribution in [0.4, 0.5) is 0 Å². The van der Waals surface area contributed by atoms with E-state index < -0.39 is 0 Å². The predicted octanol–water partition coefficient (Wildman–Crippen LogP) is 2.25. The van der Waals surface area contributed by atoms with Crippen LogP contribution >= 0.6 is 0 Å². The molecule has 0 spiro atoms. The molecule has 0 amide bonds. The molecule has 102 valence electrons. The van der Waals surface area contributed by atoms with Crippen LogP contribution in [-0.2, 0) is 7.05 Å². The van der Waals surface area contributed by atoms with Gasteiger partial charge in [-0.2, -0.15) is 0 Å². The van der Waals surface area contributed by atoms with Gasteiger partial charge in [-0.3, -0.25) is 4.79 Å². The second-order valence-electron chi connectivity index (χ2n) is 4.92. The smallest absolute Gasteiger partial charge is 0.279 e. The molecule has 0 atom stereocenters. The maximum absolute atomic E-state index is 12.7. The van der Waals surface area contributed by atoms with Crippen molar-refractivity contribution in [3.63, 3.8) is 0 Å². The maximum Gasteiger partial charge on any atom is 0.279 e. The molecule has 5 heteroatoms. The Morgan fingerprint density at radius 3 is 2.33 bits per heavy atom. The molecule has 0 aliphatic heterocycles. The lowest BCUT2D eigenvalue weighted by atomic mass is 10.1. The fourth-order valence-electron chi connectivity index (χ4n) is 2.63. The number of fused-ring (bicyclic) bond motifs is 3. The van der Waals surface area contributed by atoms with Crippen LogP contribution in [0.3, 0.4) is 0 Å². The molecule has 4 rings (SSSR count). The highest BCUT2D eigenvalue weighted by atomic mass is 16.1. The summed E-state index contributed by atoms with van der Waals surface area (Å²) in [5.74, 6) is 0. The largest absolute Gasteiger partial charge is 0.308 e. The number of aromatic nitrogens is 4. The molecule has 2 heterocycles. The molecule has 0 aliphatic rings. The lowest BCUT2D eigenvalue weighted by Crippen LogP contribution is -2.20. The normalized spacial score (nSPS) is 11.3. The Balaban J connectivity index is 2.21. The van der Waals surface area contributed by atoms with Crippen LogP contribution in [0.15, 0.2) is 59.4 Å².